The lowest BCUT2D eigenvalue weighted by molar-refractivity contribution is -0.113. The highest BCUT2D eigenvalue weighted by molar-refractivity contribution is 8.27. The first-order valence-corrected chi connectivity index (χ1v) is 9.56. The van der Waals surface area contributed by atoms with Gasteiger partial charge < -0.3 is 9.47 Å². The van der Waals surface area contributed by atoms with Crippen molar-refractivity contribution in [1.29, 1.82) is 0 Å². The average Bonchev–Trinajstić information content (AvgIpc) is 2.95. The van der Waals surface area contributed by atoms with Crippen LogP contribution in [0.25, 0.3) is 6.08 Å². The Morgan fingerprint density at radius 2 is 1.89 bits per heavy atom. The number of methoxy groups -OCH3 is 2. The van der Waals surface area contributed by atoms with Crippen LogP contribution in [0, 0.1) is 0 Å². The summed E-state index contributed by atoms with van der Waals surface area (Å²) in [4.78, 5) is 14.8. The molecule has 1 saturated heterocycles. The molecule has 0 aromatic heterocycles. The van der Waals surface area contributed by atoms with E-state index in [1.165, 1.54) is 23.8 Å². The molecule has 1 amide bonds. The van der Waals surface area contributed by atoms with E-state index in [4.69, 9.17) is 33.3 Å². The fraction of sp³-hybridized carbons (Fsp3) is 0.100. The van der Waals surface area contributed by atoms with Crippen molar-refractivity contribution in [2.24, 2.45) is 0 Å². The normalized spacial score (nSPS) is 16.2. The Kier molecular flexibility index (Phi) is 6.21. The van der Waals surface area contributed by atoms with Crippen molar-refractivity contribution < 1.29 is 14.3 Å². The van der Waals surface area contributed by atoms with E-state index in [9.17, 15) is 4.79 Å². The number of thiocarbonyl (C=S) groups is 1. The molecule has 1 aliphatic rings. The molecule has 3 rings (SSSR count). The summed E-state index contributed by atoms with van der Waals surface area (Å²) in [5.74, 6) is 0.885. The van der Waals surface area contributed by atoms with Gasteiger partial charge >= 0.3 is 0 Å². The number of amides is 1. The van der Waals surface area contributed by atoms with Gasteiger partial charge in [-0.2, -0.15) is 0 Å². The number of hydrogen-bond donors (Lipinski definition) is 0. The summed E-state index contributed by atoms with van der Waals surface area (Å²) in [6, 6.07) is 14.8. The van der Waals surface area contributed by atoms with Gasteiger partial charge in [-0.15, -0.1) is 0 Å². The van der Waals surface area contributed by atoms with Crippen LogP contribution in [0.1, 0.15) is 5.56 Å². The van der Waals surface area contributed by atoms with Crippen LogP contribution in [0.15, 0.2) is 64.5 Å². The molecule has 0 aliphatic carbocycles. The molecule has 0 saturated carbocycles. The molecular formula is C20H16ClNO3S2. The number of hydrogen-bond acceptors (Lipinski definition) is 5. The molecule has 7 heteroatoms. The largest absolute Gasteiger partial charge is 0.497 e. The Bertz CT molecular complexity index is 941. The molecule has 0 spiro atoms. The van der Waals surface area contributed by atoms with Crippen molar-refractivity contribution in [3.05, 3.63) is 70.1 Å². The molecule has 0 unspecified atom stereocenters. The Hall–Kier alpha value is -2.28. The molecule has 138 valence electrons. The summed E-state index contributed by atoms with van der Waals surface area (Å²) in [5, 5.41) is 0.448. The zero-order valence-electron chi connectivity index (χ0n) is 14.6. The molecule has 27 heavy (non-hydrogen) atoms. The van der Waals surface area contributed by atoms with Crippen LogP contribution in [0.4, 0.5) is 5.69 Å². The quantitative estimate of drug-likeness (QED) is 0.491. The SMILES string of the molecule is COc1ccc(N2C(=O)C(=CC(Cl)=Cc3ccccc3)SC2=S)c(OC)c1. The molecular weight excluding hydrogens is 402 g/mol. The van der Waals surface area contributed by atoms with E-state index in [-0.39, 0.29) is 5.91 Å². The molecule has 0 bridgehead atoms. The van der Waals surface area contributed by atoms with Crippen LogP contribution in [0.2, 0.25) is 0 Å². The third-order valence-electron chi connectivity index (χ3n) is 3.79. The summed E-state index contributed by atoms with van der Waals surface area (Å²) in [5.41, 5.74) is 1.51. The molecule has 0 N–H and O–H groups in total. The molecule has 1 fully saturated rings. The average molecular weight is 418 g/mol. The maximum Gasteiger partial charge on any atom is 0.270 e. The summed E-state index contributed by atoms with van der Waals surface area (Å²) in [7, 11) is 3.10. The van der Waals surface area contributed by atoms with Crippen molar-refractivity contribution in [2.45, 2.75) is 0 Å². The maximum absolute atomic E-state index is 12.9. The van der Waals surface area contributed by atoms with Crippen LogP contribution >= 0.6 is 35.6 Å². The zero-order chi connectivity index (χ0) is 19.4. The van der Waals surface area contributed by atoms with Crippen molar-refractivity contribution in [3.8, 4) is 11.5 Å². The highest BCUT2D eigenvalue weighted by atomic mass is 35.5. The topological polar surface area (TPSA) is 38.8 Å². The Balaban J connectivity index is 1.90. The number of allylic oxidation sites excluding steroid dienone is 2. The number of ether oxygens (including phenoxy) is 2. The number of thioether (sulfide) groups is 1. The minimum absolute atomic E-state index is 0.243. The van der Waals surface area contributed by atoms with Crippen LogP contribution in [-0.2, 0) is 4.79 Å². The first-order valence-electron chi connectivity index (χ1n) is 7.95. The summed E-state index contributed by atoms with van der Waals surface area (Å²) in [6.07, 6.45) is 3.42. The van der Waals surface area contributed by atoms with E-state index >= 15 is 0 Å². The van der Waals surface area contributed by atoms with Crippen LogP contribution in [0.3, 0.4) is 0 Å². The Morgan fingerprint density at radius 1 is 1.15 bits per heavy atom. The Morgan fingerprint density at radius 3 is 2.56 bits per heavy atom. The number of halogens is 1. The fourth-order valence-electron chi connectivity index (χ4n) is 2.52. The number of carbonyl (C=O) groups is 1. The second-order valence-corrected chi connectivity index (χ2v) is 7.61. The first kappa shape index (κ1) is 19.5. The number of anilines is 1. The second-order valence-electron chi connectivity index (χ2n) is 5.49. The standard InChI is InChI=1S/C20H16ClNO3S2/c1-24-15-8-9-16(17(12-15)25-2)22-19(23)18(27-20(22)26)11-14(21)10-13-6-4-3-5-7-13/h3-12H,1-2H3. The molecule has 2 aromatic carbocycles. The first-order chi connectivity index (χ1) is 13.0. The lowest BCUT2D eigenvalue weighted by atomic mass is 10.2. The van der Waals surface area contributed by atoms with Gasteiger partial charge in [0.15, 0.2) is 4.32 Å². The highest BCUT2D eigenvalue weighted by Gasteiger charge is 2.35. The molecule has 1 aliphatic heterocycles. The second kappa shape index (κ2) is 8.61. The van der Waals surface area contributed by atoms with Crippen molar-refractivity contribution in [3.63, 3.8) is 0 Å². The minimum atomic E-state index is -0.243. The zero-order valence-corrected chi connectivity index (χ0v) is 17.0. The van der Waals surface area contributed by atoms with Gasteiger partial charge in [0.2, 0.25) is 0 Å². The highest BCUT2D eigenvalue weighted by Crippen LogP contribution is 2.41. The number of rotatable bonds is 5. The van der Waals surface area contributed by atoms with Gasteiger partial charge in [-0.05, 0) is 29.8 Å². The van der Waals surface area contributed by atoms with Gasteiger partial charge in [-0.1, -0.05) is 65.9 Å². The number of benzene rings is 2. The lowest BCUT2D eigenvalue weighted by Gasteiger charge is -2.18. The van der Waals surface area contributed by atoms with Gasteiger partial charge in [-0.3, -0.25) is 9.69 Å². The predicted octanol–water partition coefficient (Wildman–Crippen LogP) is 5.23. The summed E-state index contributed by atoms with van der Waals surface area (Å²) >= 11 is 12.9. The fourth-order valence-corrected chi connectivity index (χ4v) is 4.10. The van der Waals surface area contributed by atoms with Gasteiger partial charge in [0.05, 0.1) is 24.8 Å². The van der Waals surface area contributed by atoms with E-state index < -0.39 is 0 Å². The molecule has 1 heterocycles. The molecule has 4 nitrogen and oxygen atoms in total. The monoisotopic (exact) mass is 417 g/mol. The van der Waals surface area contributed by atoms with Crippen LogP contribution in [0.5, 0.6) is 11.5 Å². The smallest absolute Gasteiger partial charge is 0.270 e. The van der Waals surface area contributed by atoms with Gasteiger partial charge in [0.1, 0.15) is 11.5 Å². The summed E-state index contributed by atoms with van der Waals surface area (Å²) < 4.78 is 11.0. The summed E-state index contributed by atoms with van der Waals surface area (Å²) in [6.45, 7) is 0. The molecule has 0 atom stereocenters. The van der Waals surface area contributed by atoms with E-state index in [2.05, 4.69) is 0 Å². The minimum Gasteiger partial charge on any atom is -0.497 e. The maximum atomic E-state index is 12.9. The van der Waals surface area contributed by atoms with Gasteiger partial charge in [0, 0.05) is 11.1 Å². The lowest BCUT2D eigenvalue weighted by Crippen LogP contribution is -2.28. The number of nitrogens with zero attached hydrogens (tertiary/aromatic N) is 1. The third-order valence-corrected chi connectivity index (χ3v) is 5.31. The van der Waals surface area contributed by atoms with E-state index in [0.717, 1.165) is 5.56 Å². The Labute approximate surface area is 172 Å². The number of carbonyl (C=O) groups excluding carboxylic acids is 1. The van der Waals surface area contributed by atoms with Crippen LogP contribution < -0.4 is 14.4 Å². The van der Waals surface area contributed by atoms with E-state index in [0.29, 0.717) is 31.4 Å². The van der Waals surface area contributed by atoms with E-state index in [1.54, 1.807) is 37.5 Å². The van der Waals surface area contributed by atoms with Crippen LogP contribution in [-0.4, -0.2) is 24.4 Å². The van der Waals surface area contributed by atoms with Crippen molar-refractivity contribution in [1.82, 2.24) is 0 Å². The third kappa shape index (κ3) is 4.35. The van der Waals surface area contributed by atoms with Crippen molar-refractivity contribution in [2.75, 3.05) is 19.1 Å². The van der Waals surface area contributed by atoms with Gasteiger partial charge in [-0.25, -0.2) is 0 Å². The molecule has 0 radical (unpaired) electrons. The van der Waals surface area contributed by atoms with Crippen molar-refractivity contribution >= 4 is 57.6 Å². The molecule has 2 aromatic rings. The van der Waals surface area contributed by atoms with Gasteiger partial charge in [0.25, 0.3) is 5.91 Å². The predicted molar refractivity (Wildman–Crippen MR) is 116 cm³/mol. The van der Waals surface area contributed by atoms with E-state index in [1.807, 2.05) is 30.3 Å².